The number of rotatable bonds is 7. The van der Waals surface area contributed by atoms with Crippen LogP contribution >= 0.6 is 0 Å². The molecule has 156 valence electrons. The number of benzene rings is 2. The van der Waals surface area contributed by atoms with Gasteiger partial charge < -0.3 is 5.32 Å². The lowest BCUT2D eigenvalue weighted by atomic mass is 9.93. The SMILES string of the molecule is CCC[C@H](C(=O)Nc1cc(S(=O)(=O)N2CCCCC2)ccc1C)c1ccccc1. The van der Waals surface area contributed by atoms with Gasteiger partial charge in [0.25, 0.3) is 0 Å². The summed E-state index contributed by atoms with van der Waals surface area (Å²) in [6.07, 6.45) is 4.48. The number of aryl methyl sites for hydroxylation is 1. The molecule has 29 heavy (non-hydrogen) atoms. The minimum Gasteiger partial charge on any atom is -0.325 e. The summed E-state index contributed by atoms with van der Waals surface area (Å²) in [7, 11) is -3.54. The van der Waals surface area contributed by atoms with Crippen molar-refractivity contribution >= 4 is 21.6 Å². The second-order valence-corrected chi connectivity index (χ2v) is 9.62. The Hall–Kier alpha value is -2.18. The summed E-state index contributed by atoms with van der Waals surface area (Å²) in [5, 5.41) is 2.99. The van der Waals surface area contributed by atoms with E-state index in [4.69, 9.17) is 0 Å². The van der Waals surface area contributed by atoms with Gasteiger partial charge in [0.15, 0.2) is 0 Å². The number of hydrogen-bond donors (Lipinski definition) is 1. The Balaban J connectivity index is 1.85. The largest absolute Gasteiger partial charge is 0.325 e. The van der Waals surface area contributed by atoms with Crippen LogP contribution in [0.1, 0.15) is 56.1 Å². The lowest BCUT2D eigenvalue weighted by Crippen LogP contribution is -2.35. The molecule has 6 heteroatoms. The molecule has 2 aromatic rings. The maximum absolute atomic E-state index is 13.0. The van der Waals surface area contributed by atoms with E-state index in [-0.39, 0.29) is 16.7 Å². The molecule has 3 rings (SSSR count). The van der Waals surface area contributed by atoms with Gasteiger partial charge in [0, 0.05) is 18.8 Å². The molecule has 1 atom stereocenters. The van der Waals surface area contributed by atoms with E-state index < -0.39 is 10.0 Å². The Morgan fingerprint density at radius 2 is 1.76 bits per heavy atom. The fourth-order valence-electron chi connectivity index (χ4n) is 3.79. The Labute approximate surface area is 174 Å². The van der Waals surface area contributed by atoms with E-state index in [1.165, 1.54) is 0 Å². The van der Waals surface area contributed by atoms with Crippen molar-refractivity contribution in [2.24, 2.45) is 0 Å². The zero-order chi connectivity index (χ0) is 20.9. The molecule has 1 saturated heterocycles. The van der Waals surface area contributed by atoms with E-state index in [0.717, 1.165) is 43.2 Å². The molecule has 0 unspecified atom stereocenters. The highest BCUT2D eigenvalue weighted by atomic mass is 32.2. The highest BCUT2D eigenvalue weighted by molar-refractivity contribution is 7.89. The van der Waals surface area contributed by atoms with Crippen molar-refractivity contribution in [3.05, 3.63) is 59.7 Å². The summed E-state index contributed by atoms with van der Waals surface area (Å²) >= 11 is 0. The maximum atomic E-state index is 13.0. The molecule has 1 N–H and O–H groups in total. The maximum Gasteiger partial charge on any atom is 0.243 e. The number of anilines is 1. The van der Waals surface area contributed by atoms with Crippen molar-refractivity contribution in [1.82, 2.24) is 4.31 Å². The minimum absolute atomic E-state index is 0.103. The van der Waals surface area contributed by atoms with Gasteiger partial charge in [-0.05, 0) is 49.4 Å². The van der Waals surface area contributed by atoms with Gasteiger partial charge in [0.1, 0.15) is 0 Å². The third-order valence-electron chi connectivity index (χ3n) is 5.52. The fourth-order valence-corrected chi connectivity index (χ4v) is 5.34. The van der Waals surface area contributed by atoms with E-state index in [0.29, 0.717) is 18.8 Å². The molecule has 0 bridgehead atoms. The number of amides is 1. The first-order valence-corrected chi connectivity index (χ1v) is 11.8. The van der Waals surface area contributed by atoms with Crippen LogP contribution in [0.3, 0.4) is 0 Å². The first kappa shape index (κ1) is 21.5. The monoisotopic (exact) mass is 414 g/mol. The number of carbonyl (C=O) groups is 1. The summed E-state index contributed by atoms with van der Waals surface area (Å²) in [6.45, 7) is 5.06. The van der Waals surface area contributed by atoms with Crippen LogP contribution in [0.2, 0.25) is 0 Å². The zero-order valence-corrected chi connectivity index (χ0v) is 18.0. The van der Waals surface area contributed by atoms with Gasteiger partial charge in [-0.25, -0.2) is 8.42 Å². The topological polar surface area (TPSA) is 66.5 Å². The van der Waals surface area contributed by atoms with Crippen LogP contribution in [0.4, 0.5) is 5.69 Å². The van der Waals surface area contributed by atoms with Crippen molar-refractivity contribution in [1.29, 1.82) is 0 Å². The second-order valence-electron chi connectivity index (χ2n) is 7.68. The molecule has 1 aliphatic heterocycles. The number of hydrogen-bond acceptors (Lipinski definition) is 3. The molecule has 2 aromatic carbocycles. The predicted octanol–water partition coefficient (Wildman–Crippen LogP) is 4.69. The normalized spacial score (nSPS) is 16.3. The Morgan fingerprint density at radius 1 is 1.07 bits per heavy atom. The molecule has 1 aliphatic rings. The molecule has 0 saturated carbocycles. The quantitative estimate of drug-likeness (QED) is 0.715. The molecular weight excluding hydrogens is 384 g/mol. The fraction of sp³-hybridized carbons (Fsp3) is 0.435. The first-order chi connectivity index (χ1) is 13.9. The van der Waals surface area contributed by atoms with Gasteiger partial charge in [0.2, 0.25) is 15.9 Å². The average molecular weight is 415 g/mol. The number of nitrogens with one attached hydrogen (secondary N) is 1. The van der Waals surface area contributed by atoms with Gasteiger partial charge in [-0.3, -0.25) is 4.79 Å². The van der Waals surface area contributed by atoms with Gasteiger partial charge >= 0.3 is 0 Å². The van der Waals surface area contributed by atoms with Gasteiger partial charge in [0.05, 0.1) is 10.8 Å². The Morgan fingerprint density at radius 3 is 2.41 bits per heavy atom. The summed E-state index contributed by atoms with van der Waals surface area (Å²) in [6, 6.07) is 14.7. The molecule has 0 radical (unpaired) electrons. The number of piperidine rings is 1. The Kier molecular flexibility index (Phi) is 7.09. The molecule has 1 fully saturated rings. The van der Waals surface area contributed by atoms with Crippen LogP contribution in [0, 0.1) is 6.92 Å². The van der Waals surface area contributed by atoms with Crippen molar-refractivity contribution < 1.29 is 13.2 Å². The first-order valence-electron chi connectivity index (χ1n) is 10.4. The van der Waals surface area contributed by atoms with Gasteiger partial charge in [-0.2, -0.15) is 4.31 Å². The molecule has 1 amide bonds. The van der Waals surface area contributed by atoms with Crippen LogP contribution < -0.4 is 5.32 Å². The molecule has 1 heterocycles. The number of nitrogens with zero attached hydrogens (tertiary/aromatic N) is 1. The number of sulfonamides is 1. The minimum atomic E-state index is -3.54. The molecule has 0 aliphatic carbocycles. The van der Waals surface area contributed by atoms with E-state index in [2.05, 4.69) is 12.2 Å². The summed E-state index contributed by atoms with van der Waals surface area (Å²) in [5.74, 6) is -0.364. The molecule has 0 spiro atoms. The van der Waals surface area contributed by atoms with Crippen LogP contribution in [0.25, 0.3) is 0 Å². The summed E-state index contributed by atoms with van der Waals surface area (Å²) in [4.78, 5) is 13.3. The van der Waals surface area contributed by atoms with Gasteiger partial charge in [-0.15, -0.1) is 0 Å². The Bertz CT molecular complexity index is 936. The second kappa shape index (κ2) is 9.55. The lowest BCUT2D eigenvalue weighted by molar-refractivity contribution is -0.117. The van der Waals surface area contributed by atoms with E-state index in [1.54, 1.807) is 22.5 Å². The van der Waals surface area contributed by atoms with Crippen molar-refractivity contribution in [3.8, 4) is 0 Å². The predicted molar refractivity (Wildman–Crippen MR) is 117 cm³/mol. The summed E-state index contributed by atoms with van der Waals surface area (Å²) in [5.41, 5.74) is 2.38. The van der Waals surface area contributed by atoms with E-state index in [1.807, 2.05) is 37.3 Å². The molecular formula is C23H30N2O3S. The van der Waals surface area contributed by atoms with Gasteiger partial charge in [-0.1, -0.05) is 56.2 Å². The number of carbonyl (C=O) groups excluding carboxylic acids is 1. The third-order valence-corrected chi connectivity index (χ3v) is 7.41. The van der Waals surface area contributed by atoms with E-state index >= 15 is 0 Å². The highest BCUT2D eigenvalue weighted by Crippen LogP contribution is 2.28. The smallest absolute Gasteiger partial charge is 0.243 e. The van der Waals surface area contributed by atoms with Crippen LogP contribution in [-0.4, -0.2) is 31.7 Å². The van der Waals surface area contributed by atoms with Crippen molar-refractivity contribution in [2.45, 2.75) is 56.8 Å². The highest BCUT2D eigenvalue weighted by Gasteiger charge is 2.27. The van der Waals surface area contributed by atoms with Crippen molar-refractivity contribution in [3.63, 3.8) is 0 Å². The van der Waals surface area contributed by atoms with Crippen LogP contribution in [0.5, 0.6) is 0 Å². The third kappa shape index (κ3) is 5.06. The summed E-state index contributed by atoms with van der Waals surface area (Å²) < 4.78 is 27.6. The lowest BCUT2D eigenvalue weighted by Gasteiger charge is -2.26. The standard InChI is InChI=1S/C23H30N2O3S/c1-3-10-21(19-11-6-4-7-12-19)23(26)24-22-17-20(14-13-18(22)2)29(27,28)25-15-8-5-9-16-25/h4,6-7,11-14,17,21H,3,5,8-10,15-16H2,1-2H3,(H,24,26)/t21-/m0/s1. The van der Waals surface area contributed by atoms with Crippen LogP contribution in [-0.2, 0) is 14.8 Å². The zero-order valence-electron chi connectivity index (χ0n) is 17.2. The average Bonchev–Trinajstić information content (AvgIpc) is 2.74. The molecule has 0 aromatic heterocycles. The molecule has 5 nitrogen and oxygen atoms in total. The van der Waals surface area contributed by atoms with E-state index in [9.17, 15) is 13.2 Å². The van der Waals surface area contributed by atoms with Crippen LogP contribution in [0.15, 0.2) is 53.4 Å². The van der Waals surface area contributed by atoms with Crippen molar-refractivity contribution in [2.75, 3.05) is 18.4 Å².